The number of rotatable bonds is 3. The van der Waals surface area contributed by atoms with E-state index in [1.54, 1.807) is 0 Å². The molecule has 6 nitrogen and oxygen atoms in total. The predicted octanol–water partition coefficient (Wildman–Crippen LogP) is -2.21. The van der Waals surface area contributed by atoms with Crippen LogP contribution in [-0.2, 0) is 4.74 Å². The van der Waals surface area contributed by atoms with E-state index in [1.807, 2.05) is 0 Å². The fourth-order valence-electron chi connectivity index (χ4n) is 1.36. The van der Waals surface area contributed by atoms with Crippen LogP contribution in [0.25, 0.3) is 0 Å². The van der Waals surface area contributed by atoms with Gasteiger partial charge in [-0.25, -0.2) is 0 Å². The Labute approximate surface area is 75.4 Å². The van der Waals surface area contributed by atoms with Gasteiger partial charge in [0.1, 0.15) is 18.3 Å². The van der Waals surface area contributed by atoms with Gasteiger partial charge in [0, 0.05) is 6.42 Å². The zero-order valence-electron chi connectivity index (χ0n) is 7.05. The highest BCUT2D eigenvalue weighted by molar-refractivity contribution is 5.77. The molecule has 1 unspecified atom stereocenters. The lowest BCUT2D eigenvalue weighted by molar-refractivity contribution is -0.0199. The summed E-state index contributed by atoms with van der Waals surface area (Å²) in [7, 11) is 0. The highest BCUT2D eigenvalue weighted by Gasteiger charge is 2.42. The van der Waals surface area contributed by atoms with Gasteiger partial charge in [0.05, 0.1) is 18.5 Å². The Balaban J connectivity index is 2.55. The van der Waals surface area contributed by atoms with Gasteiger partial charge in [-0.1, -0.05) is 0 Å². The second-order valence-electron chi connectivity index (χ2n) is 3.11. The van der Waals surface area contributed by atoms with Gasteiger partial charge in [-0.3, -0.25) is 5.41 Å². The molecule has 0 aromatic carbocycles. The van der Waals surface area contributed by atoms with Crippen molar-refractivity contribution in [3.63, 3.8) is 0 Å². The summed E-state index contributed by atoms with van der Waals surface area (Å²) >= 11 is 0. The maximum absolute atomic E-state index is 9.37. The molecular formula is C7H14N2O4. The molecule has 6 N–H and O–H groups in total. The Kier molecular flexibility index (Phi) is 3.21. The van der Waals surface area contributed by atoms with Gasteiger partial charge in [-0.05, 0) is 0 Å². The van der Waals surface area contributed by atoms with Crippen molar-refractivity contribution in [1.82, 2.24) is 0 Å². The molecule has 13 heavy (non-hydrogen) atoms. The monoisotopic (exact) mass is 190 g/mol. The number of hydrogen-bond acceptors (Lipinski definition) is 5. The Hall–Kier alpha value is -0.690. The zero-order valence-corrected chi connectivity index (χ0v) is 7.05. The first-order chi connectivity index (χ1) is 6.06. The van der Waals surface area contributed by atoms with Gasteiger partial charge in [-0.15, -0.1) is 0 Å². The van der Waals surface area contributed by atoms with E-state index >= 15 is 0 Å². The molecule has 4 atom stereocenters. The lowest BCUT2D eigenvalue weighted by atomic mass is 10.1. The molecule has 1 aliphatic heterocycles. The predicted molar refractivity (Wildman–Crippen MR) is 44.3 cm³/mol. The molecule has 1 saturated heterocycles. The van der Waals surface area contributed by atoms with Crippen molar-refractivity contribution in [3.05, 3.63) is 0 Å². The lowest BCUT2D eigenvalue weighted by Gasteiger charge is -2.12. The summed E-state index contributed by atoms with van der Waals surface area (Å²) in [5.74, 6) is -0.116. The first-order valence-corrected chi connectivity index (χ1v) is 4.01. The fourth-order valence-corrected chi connectivity index (χ4v) is 1.36. The minimum Gasteiger partial charge on any atom is -0.394 e. The van der Waals surface area contributed by atoms with Crippen molar-refractivity contribution < 1.29 is 20.1 Å². The van der Waals surface area contributed by atoms with Crippen molar-refractivity contribution >= 4 is 5.84 Å². The maximum Gasteiger partial charge on any atom is 0.111 e. The largest absolute Gasteiger partial charge is 0.394 e. The summed E-state index contributed by atoms with van der Waals surface area (Å²) in [6, 6.07) is 0. The molecule has 76 valence electrons. The highest BCUT2D eigenvalue weighted by atomic mass is 16.6. The summed E-state index contributed by atoms with van der Waals surface area (Å²) < 4.78 is 5.08. The number of hydrogen-bond donors (Lipinski definition) is 5. The van der Waals surface area contributed by atoms with Crippen LogP contribution < -0.4 is 5.73 Å². The second-order valence-corrected chi connectivity index (χ2v) is 3.11. The number of nitrogens with one attached hydrogen (secondary N) is 1. The van der Waals surface area contributed by atoms with Gasteiger partial charge in [0.15, 0.2) is 0 Å². The standard InChI is InChI=1S/C7H14N2O4/c8-5(9)1-3-6(11)7(12)4(2-10)13-3/h3-4,6-7,10-12H,1-2H2,(H3,8,9)/t3?,4-,6+,7-/m1/s1. The van der Waals surface area contributed by atoms with Gasteiger partial charge < -0.3 is 25.8 Å². The van der Waals surface area contributed by atoms with Crippen molar-refractivity contribution in [2.75, 3.05) is 6.61 Å². The summed E-state index contributed by atoms with van der Waals surface area (Å²) in [5.41, 5.74) is 5.11. The molecule has 6 heteroatoms. The minimum absolute atomic E-state index is 0.0642. The van der Waals surface area contributed by atoms with Crippen LogP contribution in [0.5, 0.6) is 0 Å². The minimum atomic E-state index is -1.10. The van der Waals surface area contributed by atoms with E-state index < -0.39 is 24.4 Å². The fraction of sp³-hybridized carbons (Fsp3) is 0.857. The van der Waals surface area contributed by atoms with E-state index in [0.29, 0.717) is 0 Å². The number of ether oxygens (including phenoxy) is 1. The number of nitrogens with two attached hydrogens (primary N) is 1. The SMILES string of the molecule is N=C(N)CC1O[C@H](CO)[C@@H](O)[C@H]1O. The van der Waals surface area contributed by atoms with Gasteiger partial charge in [-0.2, -0.15) is 0 Å². The van der Waals surface area contributed by atoms with Gasteiger partial charge in [0.25, 0.3) is 0 Å². The Morgan fingerprint density at radius 3 is 2.23 bits per heavy atom. The molecule has 0 aromatic rings. The van der Waals surface area contributed by atoms with Crippen LogP contribution in [0.15, 0.2) is 0 Å². The quantitative estimate of drug-likeness (QED) is 0.255. The summed E-state index contributed by atoms with van der Waals surface area (Å²) in [6.07, 6.45) is -3.59. The Bertz CT molecular complexity index is 199. The zero-order chi connectivity index (χ0) is 10.0. The van der Waals surface area contributed by atoms with E-state index in [0.717, 1.165) is 0 Å². The number of aliphatic hydroxyl groups is 3. The molecule has 1 heterocycles. The summed E-state index contributed by atoms with van der Waals surface area (Å²) in [5, 5.41) is 34.4. The average Bonchev–Trinajstić information content (AvgIpc) is 2.32. The Morgan fingerprint density at radius 1 is 1.31 bits per heavy atom. The van der Waals surface area contributed by atoms with Crippen molar-refractivity contribution in [2.45, 2.75) is 30.8 Å². The molecule has 1 fully saturated rings. The van der Waals surface area contributed by atoms with Crippen LogP contribution in [0, 0.1) is 5.41 Å². The normalized spacial score (nSPS) is 39.3. The van der Waals surface area contributed by atoms with Crippen LogP contribution in [0.4, 0.5) is 0 Å². The second kappa shape index (κ2) is 4.01. The third-order valence-corrected chi connectivity index (χ3v) is 2.06. The van der Waals surface area contributed by atoms with E-state index in [-0.39, 0.29) is 18.9 Å². The molecule has 1 aliphatic rings. The van der Waals surface area contributed by atoms with Crippen LogP contribution in [-0.4, -0.2) is 52.2 Å². The van der Waals surface area contributed by atoms with E-state index in [1.165, 1.54) is 0 Å². The molecule has 0 amide bonds. The topological polar surface area (TPSA) is 120 Å². The van der Waals surface area contributed by atoms with Crippen molar-refractivity contribution in [1.29, 1.82) is 5.41 Å². The molecular weight excluding hydrogens is 176 g/mol. The molecule has 0 spiro atoms. The van der Waals surface area contributed by atoms with Crippen molar-refractivity contribution in [2.24, 2.45) is 5.73 Å². The van der Waals surface area contributed by atoms with E-state index in [2.05, 4.69) is 0 Å². The molecule has 1 rings (SSSR count). The molecule has 0 saturated carbocycles. The number of amidine groups is 1. The first-order valence-electron chi connectivity index (χ1n) is 4.01. The Morgan fingerprint density at radius 2 is 1.85 bits per heavy atom. The van der Waals surface area contributed by atoms with E-state index in [4.69, 9.17) is 21.0 Å². The average molecular weight is 190 g/mol. The highest BCUT2D eigenvalue weighted by Crippen LogP contribution is 2.22. The third-order valence-electron chi connectivity index (χ3n) is 2.06. The van der Waals surface area contributed by atoms with Gasteiger partial charge >= 0.3 is 0 Å². The smallest absolute Gasteiger partial charge is 0.111 e. The molecule has 0 bridgehead atoms. The summed E-state index contributed by atoms with van der Waals surface area (Å²) in [4.78, 5) is 0. The van der Waals surface area contributed by atoms with E-state index in [9.17, 15) is 10.2 Å². The number of aliphatic hydroxyl groups excluding tert-OH is 3. The lowest BCUT2D eigenvalue weighted by Crippen LogP contribution is -2.35. The van der Waals surface area contributed by atoms with Crippen LogP contribution in [0.1, 0.15) is 6.42 Å². The maximum atomic E-state index is 9.37. The van der Waals surface area contributed by atoms with Crippen LogP contribution >= 0.6 is 0 Å². The molecule has 0 aliphatic carbocycles. The van der Waals surface area contributed by atoms with Gasteiger partial charge in [0.2, 0.25) is 0 Å². The molecule has 0 radical (unpaired) electrons. The first kappa shape index (κ1) is 10.4. The van der Waals surface area contributed by atoms with Crippen molar-refractivity contribution in [3.8, 4) is 0 Å². The van der Waals surface area contributed by atoms with Crippen LogP contribution in [0.2, 0.25) is 0 Å². The third kappa shape index (κ3) is 2.16. The van der Waals surface area contributed by atoms with Crippen LogP contribution in [0.3, 0.4) is 0 Å². The summed E-state index contributed by atoms with van der Waals surface area (Å²) in [6.45, 7) is -0.355. The molecule has 0 aromatic heterocycles.